The van der Waals surface area contributed by atoms with Crippen LogP contribution in [0, 0.1) is 26.8 Å². The quantitative estimate of drug-likeness (QED) is 0.485. The van der Waals surface area contributed by atoms with Crippen molar-refractivity contribution in [3.05, 3.63) is 45.6 Å². The van der Waals surface area contributed by atoms with E-state index in [-0.39, 0.29) is 32.7 Å². The number of rotatable bonds is 2. The maximum Gasteiger partial charge on any atom is 0.000969 e. The number of aryl methyl sites for hydroxylation is 3. The van der Waals surface area contributed by atoms with E-state index < -0.39 is 0 Å². The van der Waals surface area contributed by atoms with Crippen LogP contribution in [0.4, 0.5) is 0 Å². The average molecular weight is 378 g/mol. The Balaban J connectivity index is 0.00000133. The Hall–Kier alpha value is 0.204. The molecule has 3 heterocycles. The predicted molar refractivity (Wildman–Crippen MR) is 84.0 cm³/mol. The molecule has 0 aliphatic carbocycles. The minimum atomic E-state index is 0. The van der Waals surface area contributed by atoms with Gasteiger partial charge in [0, 0.05) is 37.6 Å². The van der Waals surface area contributed by atoms with Crippen LogP contribution in [0.3, 0.4) is 0 Å². The third-order valence-corrected chi connectivity index (χ3v) is 6.33. The molecule has 95 valence electrons. The summed E-state index contributed by atoms with van der Waals surface area (Å²) in [5.74, 6) is 0. The van der Waals surface area contributed by atoms with Gasteiger partial charge in [-0.15, -0.1) is 5.56 Å². The molecule has 4 heteroatoms. The molecule has 19 heavy (non-hydrogen) atoms. The molecule has 0 nitrogen and oxygen atoms in total. The average Bonchev–Trinajstić information content (AvgIpc) is 2.99. The molecule has 0 saturated carbocycles. The van der Waals surface area contributed by atoms with Gasteiger partial charge in [0.1, 0.15) is 0 Å². The second-order valence-corrected chi connectivity index (χ2v) is 7.93. The van der Waals surface area contributed by atoms with Gasteiger partial charge in [-0.1, -0.05) is 39.8 Å². The van der Waals surface area contributed by atoms with E-state index in [2.05, 4.69) is 51.1 Å². The first kappa shape index (κ1) is 15.6. The van der Waals surface area contributed by atoms with Crippen molar-refractivity contribution in [2.75, 3.05) is 0 Å². The van der Waals surface area contributed by atoms with E-state index in [1.54, 1.807) is 0 Å². The number of hydrogen-bond acceptors (Lipinski definition) is 3. The topological polar surface area (TPSA) is 0 Å². The van der Waals surface area contributed by atoms with Crippen molar-refractivity contribution in [3.63, 3.8) is 0 Å². The maximum absolute atomic E-state index is 3.52. The molecule has 0 atom stereocenters. The molecule has 1 radical (unpaired) electrons. The Morgan fingerprint density at radius 2 is 1.37 bits per heavy atom. The van der Waals surface area contributed by atoms with Crippen LogP contribution >= 0.6 is 34.0 Å². The minimum Gasteiger partial charge on any atom is -0.228 e. The van der Waals surface area contributed by atoms with E-state index in [0.717, 1.165) is 0 Å². The summed E-state index contributed by atoms with van der Waals surface area (Å²) in [5.41, 5.74) is 1.27. The van der Waals surface area contributed by atoms with Crippen LogP contribution in [0.5, 0.6) is 0 Å². The first-order valence-corrected chi connectivity index (χ1v) is 8.25. The summed E-state index contributed by atoms with van der Waals surface area (Å²) in [7, 11) is 0. The van der Waals surface area contributed by atoms with E-state index >= 15 is 0 Å². The van der Waals surface area contributed by atoms with Gasteiger partial charge in [0.25, 0.3) is 0 Å². The molecular formula is C15H13S3Y-. The summed E-state index contributed by atoms with van der Waals surface area (Å²) in [4.78, 5) is 8.07. The second-order valence-electron chi connectivity index (χ2n) is 4.33. The van der Waals surface area contributed by atoms with E-state index in [1.807, 2.05) is 34.0 Å². The monoisotopic (exact) mass is 378 g/mol. The van der Waals surface area contributed by atoms with Gasteiger partial charge in [-0.3, -0.25) is 0 Å². The smallest absolute Gasteiger partial charge is 0.000969 e. The van der Waals surface area contributed by atoms with Crippen LogP contribution in [-0.2, 0) is 32.7 Å². The van der Waals surface area contributed by atoms with E-state index in [4.69, 9.17) is 0 Å². The largest absolute Gasteiger partial charge is 0.228 e. The van der Waals surface area contributed by atoms with Crippen LogP contribution < -0.4 is 0 Å². The summed E-state index contributed by atoms with van der Waals surface area (Å²) in [6.07, 6.45) is 0. The maximum atomic E-state index is 3.52. The fourth-order valence-electron chi connectivity index (χ4n) is 1.89. The predicted octanol–water partition coefficient (Wildman–Crippen LogP) is 5.93. The van der Waals surface area contributed by atoms with Crippen LogP contribution in [-0.4, -0.2) is 0 Å². The van der Waals surface area contributed by atoms with Gasteiger partial charge in [-0.05, 0) is 29.7 Å². The van der Waals surface area contributed by atoms with Gasteiger partial charge in [0.05, 0.1) is 0 Å². The Bertz CT molecular complexity index is 688. The number of thiophene rings is 3. The third-order valence-electron chi connectivity index (χ3n) is 2.77. The molecule has 3 aromatic heterocycles. The van der Waals surface area contributed by atoms with Crippen molar-refractivity contribution in [2.45, 2.75) is 20.8 Å². The van der Waals surface area contributed by atoms with Gasteiger partial charge >= 0.3 is 0 Å². The molecule has 0 saturated heterocycles. The summed E-state index contributed by atoms with van der Waals surface area (Å²) in [5, 5.41) is 0. The Kier molecular flexibility index (Phi) is 5.18. The Morgan fingerprint density at radius 3 is 1.89 bits per heavy atom. The van der Waals surface area contributed by atoms with Gasteiger partial charge in [-0.25, -0.2) is 22.7 Å². The zero-order chi connectivity index (χ0) is 12.7. The van der Waals surface area contributed by atoms with E-state index in [0.29, 0.717) is 0 Å². The van der Waals surface area contributed by atoms with Crippen LogP contribution in [0.25, 0.3) is 19.5 Å². The van der Waals surface area contributed by atoms with Crippen molar-refractivity contribution >= 4 is 34.0 Å². The molecule has 0 aliphatic rings. The molecule has 3 aromatic rings. The molecule has 0 amide bonds. The molecule has 0 fully saturated rings. The molecule has 0 bridgehead atoms. The van der Waals surface area contributed by atoms with Crippen LogP contribution in [0.1, 0.15) is 15.3 Å². The fourth-order valence-corrected chi connectivity index (χ4v) is 4.97. The standard InChI is InChI=1S/C15H13S3.Y/c1-9-8-14(12-6-4-10(2)16-12)18-15(9)13-7-5-11(3)17-13;/h4-7H,1-3H3;/q-1;. The van der Waals surface area contributed by atoms with Crippen molar-refractivity contribution in [1.82, 2.24) is 0 Å². The fraction of sp³-hybridized carbons (Fsp3) is 0.200. The second kappa shape index (κ2) is 6.32. The van der Waals surface area contributed by atoms with Crippen molar-refractivity contribution in [2.24, 2.45) is 0 Å². The SMILES string of the molecule is Cc1ccc(-c2[c-]c(C)c(-c3ccc(C)s3)s2)s1.[Y]. The molecular weight excluding hydrogens is 365 g/mol. The normalized spacial score (nSPS) is 10.5. The van der Waals surface area contributed by atoms with E-state index in [1.165, 1.54) is 34.8 Å². The van der Waals surface area contributed by atoms with Gasteiger partial charge < -0.3 is 0 Å². The van der Waals surface area contributed by atoms with Gasteiger partial charge in [-0.2, -0.15) is 17.4 Å². The molecule has 0 N–H and O–H groups in total. The van der Waals surface area contributed by atoms with Crippen molar-refractivity contribution < 1.29 is 32.7 Å². The zero-order valence-electron chi connectivity index (χ0n) is 11.1. The van der Waals surface area contributed by atoms with Gasteiger partial charge in [0.2, 0.25) is 0 Å². The molecule has 0 spiro atoms. The Labute approximate surface area is 151 Å². The zero-order valence-corrected chi connectivity index (χ0v) is 16.4. The minimum absolute atomic E-state index is 0. The van der Waals surface area contributed by atoms with Crippen LogP contribution in [0.15, 0.2) is 24.3 Å². The first-order valence-electron chi connectivity index (χ1n) is 5.80. The summed E-state index contributed by atoms with van der Waals surface area (Å²) < 4.78 is 0. The van der Waals surface area contributed by atoms with Crippen molar-refractivity contribution in [1.29, 1.82) is 0 Å². The van der Waals surface area contributed by atoms with Gasteiger partial charge in [0.15, 0.2) is 0 Å². The third kappa shape index (κ3) is 3.27. The first-order chi connectivity index (χ1) is 8.63. The van der Waals surface area contributed by atoms with Crippen molar-refractivity contribution in [3.8, 4) is 19.5 Å². The summed E-state index contributed by atoms with van der Waals surface area (Å²) in [6.45, 7) is 6.47. The molecule has 0 aromatic carbocycles. The van der Waals surface area contributed by atoms with E-state index in [9.17, 15) is 0 Å². The summed E-state index contributed by atoms with van der Waals surface area (Å²) >= 11 is 5.57. The van der Waals surface area contributed by atoms with Crippen LogP contribution in [0.2, 0.25) is 0 Å². The Morgan fingerprint density at radius 1 is 0.789 bits per heavy atom. The summed E-state index contributed by atoms with van der Waals surface area (Å²) in [6, 6.07) is 12.3. The number of hydrogen-bond donors (Lipinski definition) is 0. The molecule has 0 unspecified atom stereocenters. The molecule has 0 aliphatic heterocycles. The molecule has 3 rings (SSSR count).